The van der Waals surface area contributed by atoms with Gasteiger partial charge in [0, 0.05) is 38.0 Å². The smallest absolute Gasteiger partial charge is 0.244 e. The predicted octanol–water partition coefficient (Wildman–Crippen LogP) is 0.958. The molecule has 0 aromatic carbocycles. The van der Waals surface area contributed by atoms with Crippen LogP contribution >= 0.6 is 0 Å². The number of aliphatic hydroxyl groups is 1. The summed E-state index contributed by atoms with van der Waals surface area (Å²) < 4.78 is 1.69. The third kappa shape index (κ3) is 5.14. The molecule has 1 rings (SSSR count). The molecular formula is C13H21N3O2. The van der Waals surface area contributed by atoms with Crippen LogP contribution in [0.15, 0.2) is 18.5 Å². The fourth-order valence-electron chi connectivity index (χ4n) is 1.64. The van der Waals surface area contributed by atoms with Crippen molar-refractivity contribution in [3.63, 3.8) is 0 Å². The Kier molecular flexibility index (Phi) is 6.14. The van der Waals surface area contributed by atoms with E-state index in [1.807, 2.05) is 13.2 Å². The molecule has 1 aromatic rings. The van der Waals surface area contributed by atoms with E-state index in [1.165, 1.54) is 6.08 Å². The van der Waals surface area contributed by atoms with E-state index in [4.69, 9.17) is 5.11 Å². The minimum Gasteiger partial charge on any atom is -0.396 e. The molecule has 0 aliphatic rings. The van der Waals surface area contributed by atoms with Gasteiger partial charge in [-0.05, 0) is 18.4 Å². The molecule has 2 N–H and O–H groups in total. The largest absolute Gasteiger partial charge is 0.396 e. The van der Waals surface area contributed by atoms with Gasteiger partial charge in [0.1, 0.15) is 0 Å². The second-order valence-electron chi connectivity index (χ2n) is 4.31. The number of carbonyl (C=O) groups is 1. The van der Waals surface area contributed by atoms with Gasteiger partial charge in [-0.1, -0.05) is 13.3 Å². The minimum atomic E-state index is -0.116. The van der Waals surface area contributed by atoms with Gasteiger partial charge in [0.2, 0.25) is 5.91 Å². The van der Waals surface area contributed by atoms with E-state index in [0.29, 0.717) is 12.5 Å². The van der Waals surface area contributed by atoms with Crippen LogP contribution in [0.2, 0.25) is 0 Å². The molecule has 1 unspecified atom stereocenters. The second-order valence-corrected chi connectivity index (χ2v) is 4.31. The summed E-state index contributed by atoms with van der Waals surface area (Å²) in [6.07, 6.45) is 8.45. The van der Waals surface area contributed by atoms with Crippen molar-refractivity contribution in [2.45, 2.75) is 19.8 Å². The average molecular weight is 251 g/mol. The fraction of sp³-hybridized carbons (Fsp3) is 0.538. The lowest BCUT2D eigenvalue weighted by Gasteiger charge is -2.13. The maximum Gasteiger partial charge on any atom is 0.244 e. The molecule has 100 valence electrons. The van der Waals surface area contributed by atoms with Crippen molar-refractivity contribution in [3.8, 4) is 0 Å². The van der Waals surface area contributed by atoms with Gasteiger partial charge in [0.25, 0.3) is 0 Å². The van der Waals surface area contributed by atoms with Gasteiger partial charge in [0.05, 0.1) is 6.20 Å². The molecule has 0 saturated carbocycles. The Morgan fingerprint density at radius 1 is 1.67 bits per heavy atom. The molecular weight excluding hydrogens is 230 g/mol. The van der Waals surface area contributed by atoms with Gasteiger partial charge < -0.3 is 10.4 Å². The fourth-order valence-corrected chi connectivity index (χ4v) is 1.64. The van der Waals surface area contributed by atoms with Crippen LogP contribution in [0.3, 0.4) is 0 Å². The van der Waals surface area contributed by atoms with Crippen LogP contribution in [0.5, 0.6) is 0 Å². The zero-order chi connectivity index (χ0) is 13.4. The lowest BCUT2D eigenvalue weighted by molar-refractivity contribution is -0.116. The molecule has 18 heavy (non-hydrogen) atoms. The predicted molar refractivity (Wildman–Crippen MR) is 70.7 cm³/mol. The van der Waals surface area contributed by atoms with Crippen molar-refractivity contribution < 1.29 is 9.90 Å². The van der Waals surface area contributed by atoms with Gasteiger partial charge >= 0.3 is 0 Å². The molecule has 0 spiro atoms. The SMILES string of the molecule is CCC(CCO)CNC(=O)C=Cc1cnn(C)c1. The summed E-state index contributed by atoms with van der Waals surface area (Å²) in [6, 6.07) is 0. The van der Waals surface area contributed by atoms with Crippen LogP contribution in [0.25, 0.3) is 6.08 Å². The van der Waals surface area contributed by atoms with Gasteiger partial charge in [-0.25, -0.2) is 0 Å². The molecule has 1 aromatic heterocycles. The van der Waals surface area contributed by atoms with Crippen molar-refractivity contribution in [2.24, 2.45) is 13.0 Å². The first kappa shape index (κ1) is 14.4. The first-order valence-electron chi connectivity index (χ1n) is 6.21. The van der Waals surface area contributed by atoms with E-state index in [2.05, 4.69) is 17.3 Å². The van der Waals surface area contributed by atoms with E-state index in [9.17, 15) is 4.79 Å². The van der Waals surface area contributed by atoms with Crippen molar-refractivity contribution in [3.05, 3.63) is 24.0 Å². The molecule has 0 saturated heterocycles. The number of nitrogens with zero attached hydrogens (tertiary/aromatic N) is 2. The summed E-state index contributed by atoms with van der Waals surface area (Å²) in [5, 5.41) is 15.7. The highest BCUT2D eigenvalue weighted by Crippen LogP contribution is 2.05. The number of carbonyl (C=O) groups excluding carboxylic acids is 1. The minimum absolute atomic E-state index is 0.116. The highest BCUT2D eigenvalue weighted by molar-refractivity contribution is 5.91. The number of aromatic nitrogens is 2. The molecule has 1 amide bonds. The Morgan fingerprint density at radius 2 is 2.44 bits per heavy atom. The monoisotopic (exact) mass is 251 g/mol. The topological polar surface area (TPSA) is 67.2 Å². The van der Waals surface area contributed by atoms with Crippen LogP contribution in [-0.4, -0.2) is 33.9 Å². The molecule has 0 radical (unpaired) electrons. The Labute approximate surface area is 108 Å². The molecule has 5 heteroatoms. The number of nitrogens with one attached hydrogen (secondary N) is 1. The lowest BCUT2D eigenvalue weighted by Crippen LogP contribution is -2.28. The standard InChI is InChI=1S/C13H21N3O2/c1-3-11(6-7-17)8-14-13(18)5-4-12-9-15-16(2)10-12/h4-5,9-11,17H,3,6-8H2,1-2H3,(H,14,18). The Morgan fingerprint density at radius 3 is 3.00 bits per heavy atom. The van der Waals surface area contributed by atoms with Crippen LogP contribution in [0, 0.1) is 5.92 Å². The second kappa shape index (κ2) is 7.66. The number of hydrogen-bond acceptors (Lipinski definition) is 3. The van der Waals surface area contributed by atoms with Crippen LogP contribution in [-0.2, 0) is 11.8 Å². The normalized spacial score (nSPS) is 12.8. The first-order valence-corrected chi connectivity index (χ1v) is 6.21. The quantitative estimate of drug-likeness (QED) is 0.709. The van der Waals surface area contributed by atoms with Crippen LogP contribution in [0.4, 0.5) is 0 Å². The molecule has 0 bridgehead atoms. The number of rotatable bonds is 7. The third-order valence-electron chi connectivity index (χ3n) is 2.83. The first-order chi connectivity index (χ1) is 8.65. The number of aliphatic hydroxyl groups excluding tert-OH is 1. The number of aryl methyl sites for hydroxylation is 1. The van der Waals surface area contributed by atoms with Crippen molar-refractivity contribution in [1.29, 1.82) is 0 Å². The van der Waals surface area contributed by atoms with E-state index in [0.717, 1.165) is 18.4 Å². The summed E-state index contributed by atoms with van der Waals surface area (Å²) in [7, 11) is 1.83. The average Bonchev–Trinajstić information content (AvgIpc) is 2.77. The molecule has 0 aliphatic carbocycles. The third-order valence-corrected chi connectivity index (χ3v) is 2.83. The van der Waals surface area contributed by atoms with E-state index < -0.39 is 0 Å². The summed E-state index contributed by atoms with van der Waals surface area (Å²) in [6.45, 7) is 2.82. The molecule has 0 aliphatic heterocycles. The van der Waals surface area contributed by atoms with Crippen molar-refractivity contribution in [2.75, 3.05) is 13.2 Å². The maximum atomic E-state index is 11.6. The number of amides is 1. The number of hydrogen-bond donors (Lipinski definition) is 2. The summed E-state index contributed by atoms with van der Waals surface area (Å²) in [5.74, 6) is 0.223. The summed E-state index contributed by atoms with van der Waals surface area (Å²) >= 11 is 0. The maximum absolute atomic E-state index is 11.6. The molecule has 0 fully saturated rings. The zero-order valence-electron chi connectivity index (χ0n) is 11.0. The highest BCUT2D eigenvalue weighted by atomic mass is 16.3. The Hall–Kier alpha value is -1.62. The van der Waals surface area contributed by atoms with Crippen LogP contribution in [0.1, 0.15) is 25.3 Å². The lowest BCUT2D eigenvalue weighted by atomic mass is 10.0. The Bertz CT molecular complexity index is 399. The molecule has 1 atom stereocenters. The Balaban J connectivity index is 2.35. The zero-order valence-corrected chi connectivity index (χ0v) is 11.0. The molecule has 1 heterocycles. The van der Waals surface area contributed by atoms with Gasteiger partial charge in [-0.3, -0.25) is 9.48 Å². The highest BCUT2D eigenvalue weighted by Gasteiger charge is 2.06. The van der Waals surface area contributed by atoms with Crippen molar-refractivity contribution >= 4 is 12.0 Å². The van der Waals surface area contributed by atoms with E-state index >= 15 is 0 Å². The molecule has 5 nitrogen and oxygen atoms in total. The van der Waals surface area contributed by atoms with E-state index in [-0.39, 0.29) is 12.5 Å². The summed E-state index contributed by atoms with van der Waals surface area (Å²) in [5.41, 5.74) is 0.898. The van der Waals surface area contributed by atoms with Gasteiger partial charge in [-0.2, -0.15) is 5.10 Å². The van der Waals surface area contributed by atoms with Gasteiger partial charge in [0.15, 0.2) is 0 Å². The van der Waals surface area contributed by atoms with Gasteiger partial charge in [-0.15, -0.1) is 0 Å². The van der Waals surface area contributed by atoms with E-state index in [1.54, 1.807) is 17.0 Å². The van der Waals surface area contributed by atoms with Crippen molar-refractivity contribution in [1.82, 2.24) is 15.1 Å². The van der Waals surface area contributed by atoms with Crippen LogP contribution < -0.4 is 5.32 Å². The summed E-state index contributed by atoms with van der Waals surface area (Å²) in [4.78, 5) is 11.6.